The highest BCUT2D eigenvalue weighted by atomic mass is 35.5. The van der Waals surface area contributed by atoms with Crippen molar-refractivity contribution in [3.8, 4) is 5.88 Å². The van der Waals surface area contributed by atoms with Crippen molar-refractivity contribution in [1.82, 2.24) is 14.9 Å². The predicted octanol–water partition coefficient (Wildman–Crippen LogP) is 4.32. The van der Waals surface area contributed by atoms with E-state index >= 15 is 0 Å². The van der Waals surface area contributed by atoms with Crippen molar-refractivity contribution in [2.24, 2.45) is 0 Å². The first-order valence-electron chi connectivity index (χ1n) is 9.33. The Balaban J connectivity index is 1.44. The van der Waals surface area contributed by atoms with E-state index in [1.807, 2.05) is 0 Å². The van der Waals surface area contributed by atoms with Crippen molar-refractivity contribution in [3.63, 3.8) is 0 Å². The fourth-order valence-corrected chi connectivity index (χ4v) is 4.54. The molecule has 0 radical (unpaired) electrons. The molecule has 2 aromatic heterocycles. The standard InChI is InChI=1S/C20H22ClN5O2S/c1-12-8-13(2)10-14(9-12)25-4-6-26(7-5-25)20(27)24-17-18(28-3)22-15-11-16(21)29-19(15)23-17/h8-11H,4-7H2,1-3H3,(H,23,24,27). The number of amides is 2. The molecule has 2 amide bonds. The van der Waals surface area contributed by atoms with Crippen LogP contribution in [0.3, 0.4) is 0 Å². The number of piperazine rings is 1. The molecule has 1 aliphatic heterocycles. The molecule has 1 aliphatic rings. The fraction of sp³-hybridized carbons (Fsp3) is 0.350. The number of urea groups is 1. The highest BCUT2D eigenvalue weighted by Gasteiger charge is 2.23. The number of carbonyl (C=O) groups is 1. The van der Waals surface area contributed by atoms with E-state index in [2.05, 4.69) is 52.2 Å². The zero-order chi connectivity index (χ0) is 20.5. The number of halogens is 1. The van der Waals surface area contributed by atoms with Crippen LogP contribution >= 0.6 is 22.9 Å². The third kappa shape index (κ3) is 4.23. The Morgan fingerprint density at radius 3 is 2.45 bits per heavy atom. The van der Waals surface area contributed by atoms with E-state index in [0.717, 1.165) is 13.1 Å². The van der Waals surface area contributed by atoms with Crippen LogP contribution in [0.5, 0.6) is 5.88 Å². The molecule has 152 valence electrons. The Morgan fingerprint density at radius 1 is 1.10 bits per heavy atom. The van der Waals surface area contributed by atoms with Crippen molar-refractivity contribution in [1.29, 1.82) is 0 Å². The number of rotatable bonds is 3. The number of anilines is 2. The van der Waals surface area contributed by atoms with Gasteiger partial charge in [-0.05, 0) is 43.2 Å². The summed E-state index contributed by atoms with van der Waals surface area (Å²) in [6, 6.07) is 8.06. The van der Waals surface area contributed by atoms with Crippen LogP contribution in [0.1, 0.15) is 11.1 Å². The van der Waals surface area contributed by atoms with Crippen molar-refractivity contribution in [3.05, 3.63) is 39.7 Å². The van der Waals surface area contributed by atoms with Crippen LogP contribution in [0.25, 0.3) is 10.3 Å². The molecule has 3 heterocycles. The molecule has 7 nitrogen and oxygen atoms in total. The third-order valence-electron chi connectivity index (χ3n) is 4.86. The average molecular weight is 432 g/mol. The second kappa shape index (κ2) is 8.04. The molecule has 1 fully saturated rings. The molecule has 0 unspecified atom stereocenters. The number of aromatic nitrogens is 2. The maximum absolute atomic E-state index is 12.8. The first kappa shape index (κ1) is 19.7. The lowest BCUT2D eigenvalue weighted by Crippen LogP contribution is -2.50. The lowest BCUT2D eigenvalue weighted by molar-refractivity contribution is 0.208. The maximum Gasteiger partial charge on any atom is 0.323 e. The summed E-state index contributed by atoms with van der Waals surface area (Å²) in [6.45, 7) is 7.01. The van der Waals surface area contributed by atoms with Gasteiger partial charge < -0.3 is 14.5 Å². The number of nitrogens with one attached hydrogen (secondary N) is 1. The minimum atomic E-state index is -0.209. The summed E-state index contributed by atoms with van der Waals surface area (Å²) in [7, 11) is 1.50. The number of fused-ring (bicyclic) bond motifs is 1. The van der Waals surface area contributed by atoms with Crippen molar-refractivity contribution in [2.45, 2.75) is 13.8 Å². The van der Waals surface area contributed by atoms with Crippen molar-refractivity contribution < 1.29 is 9.53 Å². The summed E-state index contributed by atoms with van der Waals surface area (Å²) in [4.78, 5) is 26.4. The normalized spacial score (nSPS) is 14.3. The molecule has 1 aromatic carbocycles. The van der Waals surface area contributed by atoms with Crippen LogP contribution in [0, 0.1) is 13.8 Å². The molecular weight excluding hydrogens is 410 g/mol. The van der Waals surface area contributed by atoms with Crippen molar-refractivity contribution in [2.75, 3.05) is 43.5 Å². The number of ether oxygens (including phenoxy) is 1. The predicted molar refractivity (Wildman–Crippen MR) is 118 cm³/mol. The Kier molecular flexibility index (Phi) is 5.47. The lowest BCUT2D eigenvalue weighted by atomic mass is 10.1. The minimum Gasteiger partial charge on any atom is -0.478 e. The highest BCUT2D eigenvalue weighted by Crippen LogP contribution is 2.31. The zero-order valence-corrected chi connectivity index (χ0v) is 18.1. The molecule has 29 heavy (non-hydrogen) atoms. The van der Waals surface area contributed by atoms with Crippen LogP contribution in [-0.4, -0.2) is 54.2 Å². The van der Waals surface area contributed by atoms with Gasteiger partial charge in [0.25, 0.3) is 5.88 Å². The monoisotopic (exact) mass is 431 g/mol. The van der Waals surface area contributed by atoms with Crippen LogP contribution in [0.15, 0.2) is 24.3 Å². The van der Waals surface area contributed by atoms with E-state index in [1.54, 1.807) is 11.0 Å². The van der Waals surface area contributed by atoms with Gasteiger partial charge in [-0.25, -0.2) is 14.8 Å². The van der Waals surface area contributed by atoms with Gasteiger partial charge in [0.1, 0.15) is 10.3 Å². The van der Waals surface area contributed by atoms with Gasteiger partial charge in [0.2, 0.25) is 0 Å². The van der Waals surface area contributed by atoms with Gasteiger partial charge in [-0.3, -0.25) is 5.32 Å². The molecule has 0 saturated carbocycles. The smallest absolute Gasteiger partial charge is 0.323 e. The number of methoxy groups -OCH3 is 1. The molecule has 9 heteroatoms. The van der Waals surface area contributed by atoms with E-state index < -0.39 is 0 Å². The molecule has 4 rings (SSSR count). The van der Waals surface area contributed by atoms with Crippen LogP contribution in [-0.2, 0) is 0 Å². The molecule has 0 aliphatic carbocycles. The van der Waals surface area contributed by atoms with E-state index in [9.17, 15) is 4.79 Å². The fourth-order valence-electron chi connectivity index (χ4n) is 3.52. The van der Waals surface area contributed by atoms with E-state index in [0.29, 0.717) is 33.6 Å². The summed E-state index contributed by atoms with van der Waals surface area (Å²) in [5.41, 5.74) is 4.34. The van der Waals surface area contributed by atoms with Gasteiger partial charge in [0, 0.05) is 31.9 Å². The van der Waals surface area contributed by atoms with Gasteiger partial charge in [0.05, 0.1) is 11.4 Å². The number of aryl methyl sites for hydroxylation is 2. The number of thiophene rings is 1. The van der Waals surface area contributed by atoms with Gasteiger partial charge in [-0.2, -0.15) is 0 Å². The van der Waals surface area contributed by atoms with Crippen LogP contribution < -0.4 is 15.0 Å². The highest BCUT2D eigenvalue weighted by molar-refractivity contribution is 7.22. The Labute approximate surface area is 178 Å². The molecule has 0 atom stereocenters. The number of benzene rings is 1. The van der Waals surface area contributed by atoms with E-state index in [-0.39, 0.29) is 11.9 Å². The lowest BCUT2D eigenvalue weighted by Gasteiger charge is -2.36. The molecule has 0 bridgehead atoms. The van der Waals surface area contributed by atoms with Gasteiger partial charge in [0.15, 0.2) is 5.82 Å². The summed E-state index contributed by atoms with van der Waals surface area (Å²) in [5, 5.41) is 2.84. The summed E-state index contributed by atoms with van der Waals surface area (Å²) in [6.07, 6.45) is 0. The van der Waals surface area contributed by atoms with Crippen molar-refractivity contribution >= 4 is 50.8 Å². The summed E-state index contributed by atoms with van der Waals surface area (Å²) in [5.74, 6) is 0.578. The van der Waals surface area contributed by atoms with E-state index in [4.69, 9.17) is 16.3 Å². The van der Waals surface area contributed by atoms with E-state index in [1.165, 1.54) is 35.3 Å². The van der Waals surface area contributed by atoms with Gasteiger partial charge in [-0.1, -0.05) is 17.7 Å². The summed E-state index contributed by atoms with van der Waals surface area (Å²) >= 11 is 7.35. The number of hydrogen-bond donors (Lipinski definition) is 1. The molecule has 1 N–H and O–H groups in total. The Morgan fingerprint density at radius 2 is 1.79 bits per heavy atom. The average Bonchev–Trinajstić information content (AvgIpc) is 3.05. The SMILES string of the molecule is COc1nc2cc(Cl)sc2nc1NC(=O)N1CCN(c2cc(C)cc(C)c2)CC1. The topological polar surface area (TPSA) is 70.6 Å². The molecule has 1 saturated heterocycles. The second-order valence-electron chi connectivity index (χ2n) is 7.07. The number of hydrogen-bond acceptors (Lipinski definition) is 6. The first-order valence-corrected chi connectivity index (χ1v) is 10.5. The zero-order valence-electron chi connectivity index (χ0n) is 16.5. The molecule has 3 aromatic rings. The minimum absolute atomic E-state index is 0.209. The second-order valence-corrected chi connectivity index (χ2v) is 8.73. The molecular formula is C20H22ClN5O2S. The van der Waals surface area contributed by atoms with Crippen LogP contribution in [0.2, 0.25) is 4.34 Å². The van der Waals surface area contributed by atoms with Crippen LogP contribution in [0.4, 0.5) is 16.3 Å². The number of nitrogens with zero attached hydrogens (tertiary/aromatic N) is 4. The Bertz CT molecular complexity index is 1040. The quantitative estimate of drug-likeness (QED) is 0.668. The maximum atomic E-state index is 12.8. The van der Waals surface area contributed by atoms with Gasteiger partial charge >= 0.3 is 6.03 Å². The number of carbonyl (C=O) groups excluding carboxylic acids is 1. The first-order chi connectivity index (χ1) is 13.9. The van der Waals surface area contributed by atoms with Gasteiger partial charge in [-0.15, -0.1) is 11.3 Å². The molecule has 0 spiro atoms. The largest absolute Gasteiger partial charge is 0.478 e. The summed E-state index contributed by atoms with van der Waals surface area (Å²) < 4.78 is 5.89. The third-order valence-corrected chi connectivity index (χ3v) is 6.01. The Hall–Kier alpha value is -2.58.